The Morgan fingerprint density at radius 1 is 1.27 bits per heavy atom. The molecule has 86 valence electrons. The normalized spacial score (nSPS) is 9.67. The summed E-state index contributed by atoms with van der Waals surface area (Å²) in [5, 5.41) is 12.5. The van der Waals surface area contributed by atoms with Crippen LogP contribution in [0.2, 0.25) is 0 Å². The zero-order valence-electron chi connectivity index (χ0n) is 9.31. The van der Waals surface area contributed by atoms with Gasteiger partial charge in [-0.2, -0.15) is 0 Å². The van der Waals surface area contributed by atoms with E-state index in [1.165, 1.54) is 19.3 Å². The molecular formula is C10H20N4O. The maximum atomic E-state index is 11.2. The van der Waals surface area contributed by atoms with Gasteiger partial charge in [0, 0.05) is 6.42 Å². The molecule has 0 saturated carbocycles. The van der Waals surface area contributed by atoms with Crippen molar-refractivity contribution in [1.82, 2.24) is 5.32 Å². The van der Waals surface area contributed by atoms with Gasteiger partial charge in [-0.1, -0.05) is 32.6 Å². The molecule has 0 aliphatic carbocycles. The van der Waals surface area contributed by atoms with Crippen molar-refractivity contribution >= 4 is 11.7 Å². The molecule has 0 fully saturated rings. The van der Waals surface area contributed by atoms with Crippen LogP contribution in [0.15, 0.2) is 5.11 Å². The number of carbonyl (C=O) groups is 1. The van der Waals surface area contributed by atoms with Gasteiger partial charge in [0.2, 0.25) is 5.91 Å². The van der Waals surface area contributed by atoms with E-state index in [-0.39, 0.29) is 18.3 Å². The Bertz CT molecular complexity index is 215. The lowest BCUT2D eigenvalue weighted by atomic mass is 10.1. The molecule has 1 amide bonds. The summed E-state index contributed by atoms with van der Waals surface area (Å²) in [6.45, 7) is 2.22. The molecule has 0 bridgehead atoms. The van der Waals surface area contributed by atoms with Crippen LogP contribution in [0.1, 0.15) is 45.4 Å². The fourth-order valence-corrected chi connectivity index (χ4v) is 1.20. The van der Waals surface area contributed by atoms with Crippen molar-refractivity contribution in [2.45, 2.75) is 45.4 Å². The second kappa shape index (κ2) is 9.30. The summed E-state index contributed by atoms with van der Waals surface area (Å²) in [7, 11) is 0. The molecule has 0 atom stereocenters. The van der Waals surface area contributed by atoms with Crippen LogP contribution in [0, 0.1) is 10.9 Å². The molecule has 0 aliphatic heterocycles. The molecule has 5 nitrogen and oxygen atoms in total. The number of amidine groups is 1. The van der Waals surface area contributed by atoms with Crippen molar-refractivity contribution in [1.29, 1.82) is 10.9 Å². The highest BCUT2D eigenvalue weighted by molar-refractivity contribution is 5.86. The van der Waals surface area contributed by atoms with Crippen LogP contribution >= 0.6 is 0 Å². The van der Waals surface area contributed by atoms with E-state index >= 15 is 0 Å². The Morgan fingerprint density at radius 3 is 2.53 bits per heavy atom. The average Bonchev–Trinajstić information content (AvgIpc) is 2.25. The van der Waals surface area contributed by atoms with Gasteiger partial charge >= 0.3 is 0 Å². The minimum atomic E-state index is -0.116. The van der Waals surface area contributed by atoms with Crippen molar-refractivity contribution < 1.29 is 4.79 Å². The van der Waals surface area contributed by atoms with E-state index < -0.39 is 0 Å². The summed E-state index contributed by atoms with van der Waals surface area (Å²) in [6, 6.07) is 0. The van der Waals surface area contributed by atoms with E-state index in [2.05, 4.69) is 17.4 Å². The van der Waals surface area contributed by atoms with Crippen LogP contribution in [-0.2, 0) is 4.79 Å². The van der Waals surface area contributed by atoms with E-state index in [1.807, 2.05) is 0 Å². The Morgan fingerprint density at radius 2 is 1.93 bits per heavy atom. The summed E-state index contributed by atoms with van der Waals surface area (Å²) in [4.78, 5) is 11.2. The van der Waals surface area contributed by atoms with E-state index in [4.69, 9.17) is 10.9 Å². The lowest BCUT2D eigenvalue weighted by Gasteiger charge is -2.02. The molecule has 0 aliphatic rings. The van der Waals surface area contributed by atoms with E-state index in [9.17, 15) is 4.79 Å². The second-order valence-electron chi connectivity index (χ2n) is 3.50. The van der Waals surface area contributed by atoms with Gasteiger partial charge in [-0.3, -0.25) is 10.2 Å². The summed E-state index contributed by atoms with van der Waals surface area (Å²) in [5.74, 6) is -0.172. The fraction of sp³-hybridized carbons (Fsp3) is 0.800. The largest absolute Gasteiger partial charge is 0.349 e. The molecule has 15 heavy (non-hydrogen) atoms. The van der Waals surface area contributed by atoms with Crippen molar-refractivity contribution in [3.8, 4) is 0 Å². The standard InChI is InChI=1S/C10H20N4O/c1-2-3-4-5-6-7-10(15)13-8-9(11)14-12/h11-12H,2-8H2,1H3,(H,13,15). The van der Waals surface area contributed by atoms with Crippen LogP contribution in [-0.4, -0.2) is 18.3 Å². The number of rotatable bonds is 8. The Hall–Kier alpha value is -1.26. The molecule has 0 spiro atoms. The number of nitrogens with zero attached hydrogens (tertiary/aromatic N) is 1. The first kappa shape index (κ1) is 13.7. The fourth-order valence-electron chi connectivity index (χ4n) is 1.20. The van der Waals surface area contributed by atoms with Gasteiger partial charge in [0.1, 0.15) is 0 Å². The monoisotopic (exact) mass is 212 g/mol. The van der Waals surface area contributed by atoms with Crippen LogP contribution in [0.5, 0.6) is 0 Å². The van der Waals surface area contributed by atoms with Gasteiger partial charge in [-0.25, -0.2) is 5.53 Å². The molecule has 0 aromatic heterocycles. The Balaban J connectivity index is 3.33. The zero-order valence-corrected chi connectivity index (χ0v) is 9.31. The van der Waals surface area contributed by atoms with Crippen molar-refractivity contribution in [2.24, 2.45) is 5.11 Å². The van der Waals surface area contributed by atoms with Gasteiger partial charge in [0.05, 0.1) is 6.54 Å². The zero-order chi connectivity index (χ0) is 11.5. The highest BCUT2D eigenvalue weighted by Crippen LogP contribution is 2.04. The number of carbonyl (C=O) groups excluding carboxylic acids is 1. The van der Waals surface area contributed by atoms with Gasteiger partial charge in [-0.05, 0) is 6.42 Å². The minimum absolute atomic E-state index is 0.0556. The van der Waals surface area contributed by atoms with Crippen molar-refractivity contribution in [3.05, 3.63) is 0 Å². The van der Waals surface area contributed by atoms with Crippen molar-refractivity contribution in [3.63, 3.8) is 0 Å². The highest BCUT2D eigenvalue weighted by Gasteiger charge is 2.01. The molecule has 0 aromatic rings. The second-order valence-corrected chi connectivity index (χ2v) is 3.50. The predicted molar refractivity (Wildman–Crippen MR) is 59.3 cm³/mol. The van der Waals surface area contributed by atoms with E-state index in [0.717, 1.165) is 12.8 Å². The lowest BCUT2D eigenvalue weighted by molar-refractivity contribution is -0.120. The Kier molecular flexibility index (Phi) is 8.52. The third-order valence-corrected chi connectivity index (χ3v) is 2.10. The first-order valence-corrected chi connectivity index (χ1v) is 5.42. The van der Waals surface area contributed by atoms with Crippen LogP contribution < -0.4 is 5.32 Å². The first-order chi connectivity index (χ1) is 7.20. The summed E-state index contributed by atoms with van der Waals surface area (Å²) in [6.07, 6.45) is 6.10. The van der Waals surface area contributed by atoms with Gasteiger partial charge < -0.3 is 5.32 Å². The minimum Gasteiger partial charge on any atom is -0.349 e. The Labute approximate surface area is 90.7 Å². The number of nitrogens with one attached hydrogen (secondary N) is 3. The molecule has 0 radical (unpaired) electrons. The van der Waals surface area contributed by atoms with Crippen LogP contribution in [0.25, 0.3) is 0 Å². The molecule has 0 unspecified atom stereocenters. The van der Waals surface area contributed by atoms with Crippen molar-refractivity contribution in [2.75, 3.05) is 6.54 Å². The summed E-state index contributed by atoms with van der Waals surface area (Å²) in [5.41, 5.74) is 6.52. The lowest BCUT2D eigenvalue weighted by Crippen LogP contribution is -2.27. The molecule has 0 heterocycles. The van der Waals surface area contributed by atoms with Gasteiger partial charge in [0.15, 0.2) is 5.84 Å². The third kappa shape index (κ3) is 9.05. The maximum absolute atomic E-state index is 11.2. The molecule has 0 rings (SSSR count). The molecule has 0 aromatic carbocycles. The topological polar surface area (TPSA) is 89.2 Å². The van der Waals surface area contributed by atoms with Crippen LogP contribution in [0.3, 0.4) is 0 Å². The maximum Gasteiger partial charge on any atom is 0.220 e. The number of amides is 1. The quantitative estimate of drug-likeness (QED) is 0.245. The smallest absolute Gasteiger partial charge is 0.220 e. The first-order valence-electron chi connectivity index (χ1n) is 5.42. The number of hydrogen-bond acceptors (Lipinski definition) is 3. The molecule has 0 saturated heterocycles. The average molecular weight is 212 g/mol. The molecule has 5 heteroatoms. The highest BCUT2D eigenvalue weighted by atomic mass is 16.1. The third-order valence-electron chi connectivity index (χ3n) is 2.10. The predicted octanol–water partition coefficient (Wildman–Crippen LogP) is 2.47. The van der Waals surface area contributed by atoms with E-state index in [0.29, 0.717) is 6.42 Å². The summed E-state index contributed by atoms with van der Waals surface area (Å²) < 4.78 is 0. The molecular weight excluding hydrogens is 192 g/mol. The SMILES string of the molecule is CCCCCCCC(=O)NCC(=N)N=N. The van der Waals surface area contributed by atoms with Gasteiger partial charge in [-0.15, -0.1) is 5.11 Å². The number of unbranched alkanes of at least 4 members (excludes halogenated alkanes) is 4. The van der Waals surface area contributed by atoms with Gasteiger partial charge in [0.25, 0.3) is 0 Å². The van der Waals surface area contributed by atoms with E-state index in [1.54, 1.807) is 0 Å². The number of hydrogen-bond donors (Lipinski definition) is 3. The molecule has 3 N–H and O–H groups in total. The summed E-state index contributed by atoms with van der Waals surface area (Å²) >= 11 is 0. The van der Waals surface area contributed by atoms with Crippen LogP contribution in [0.4, 0.5) is 0 Å².